The maximum absolute atomic E-state index is 11.9. The van der Waals surface area contributed by atoms with Gasteiger partial charge in [0.15, 0.2) is 5.78 Å². The van der Waals surface area contributed by atoms with E-state index in [1.165, 1.54) is 7.11 Å². The molecule has 0 saturated heterocycles. The zero-order valence-corrected chi connectivity index (χ0v) is 7.87. The summed E-state index contributed by atoms with van der Waals surface area (Å²) in [5, 5.41) is 0. The molecule has 2 rings (SSSR count). The third-order valence-electron chi connectivity index (χ3n) is 2.62. The molecule has 0 aliphatic heterocycles. The van der Waals surface area contributed by atoms with Gasteiger partial charge in [0.05, 0.1) is 7.11 Å². The van der Waals surface area contributed by atoms with Crippen LogP contribution in [0.5, 0.6) is 0 Å². The van der Waals surface area contributed by atoms with Crippen LogP contribution in [0.1, 0.15) is 23.2 Å². The number of hydrogen-bond donors (Lipinski definition) is 1. The zero-order chi connectivity index (χ0) is 10.2. The number of ether oxygens (including phenoxy) is 1. The van der Waals surface area contributed by atoms with Crippen molar-refractivity contribution in [3.8, 4) is 0 Å². The maximum Gasteiger partial charge on any atom is 0.319 e. The van der Waals surface area contributed by atoms with Gasteiger partial charge in [-0.05, 0) is 18.9 Å². The smallest absolute Gasteiger partial charge is 0.319 e. The van der Waals surface area contributed by atoms with Gasteiger partial charge in [-0.25, -0.2) is 0 Å². The van der Waals surface area contributed by atoms with E-state index in [4.69, 9.17) is 0 Å². The number of carbonyl (C=O) groups excluding carboxylic acids is 2. The topological polar surface area (TPSA) is 59.2 Å². The van der Waals surface area contributed by atoms with Crippen molar-refractivity contribution in [1.29, 1.82) is 0 Å². The summed E-state index contributed by atoms with van der Waals surface area (Å²) in [7, 11) is 1.31. The van der Waals surface area contributed by atoms with Crippen LogP contribution in [0.25, 0.3) is 0 Å². The average Bonchev–Trinajstić information content (AvgIpc) is 2.84. The second-order valence-electron chi connectivity index (χ2n) is 3.50. The van der Waals surface area contributed by atoms with E-state index >= 15 is 0 Å². The Kier molecular flexibility index (Phi) is 1.91. The van der Waals surface area contributed by atoms with Gasteiger partial charge in [-0.15, -0.1) is 0 Å². The lowest BCUT2D eigenvalue weighted by Gasteiger charge is -2.09. The van der Waals surface area contributed by atoms with Crippen molar-refractivity contribution in [2.24, 2.45) is 5.41 Å². The summed E-state index contributed by atoms with van der Waals surface area (Å²) in [5.41, 5.74) is -0.329. The van der Waals surface area contributed by atoms with Crippen molar-refractivity contribution in [3.05, 3.63) is 24.0 Å². The Morgan fingerprint density at radius 1 is 1.50 bits per heavy atom. The van der Waals surface area contributed by atoms with Gasteiger partial charge in [0, 0.05) is 18.0 Å². The second kappa shape index (κ2) is 2.97. The minimum Gasteiger partial charge on any atom is -0.468 e. The SMILES string of the molecule is COC(=O)C1(C(=O)c2cc[nH]c2)CC1. The number of methoxy groups -OCH3 is 1. The first-order valence-corrected chi connectivity index (χ1v) is 4.47. The second-order valence-corrected chi connectivity index (χ2v) is 3.50. The van der Waals surface area contributed by atoms with Gasteiger partial charge in [0.1, 0.15) is 5.41 Å². The van der Waals surface area contributed by atoms with E-state index in [0.717, 1.165) is 0 Å². The van der Waals surface area contributed by atoms with E-state index in [2.05, 4.69) is 9.72 Å². The zero-order valence-electron chi connectivity index (χ0n) is 7.87. The fraction of sp³-hybridized carbons (Fsp3) is 0.400. The van der Waals surface area contributed by atoms with Crippen LogP contribution in [0, 0.1) is 5.41 Å². The molecule has 1 aliphatic carbocycles. The summed E-state index contributed by atoms with van der Waals surface area (Å²) < 4.78 is 4.63. The molecular weight excluding hydrogens is 182 g/mol. The molecule has 1 aromatic heterocycles. The Morgan fingerprint density at radius 2 is 2.21 bits per heavy atom. The first-order chi connectivity index (χ1) is 6.70. The summed E-state index contributed by atoms with van der Waals surface area (Å²) in [6.07, 6.45) is 4.47. The van der Waals surface area contributed by atoms with E-state index in [-0.39, 0.29) is 5.78 Å². The van der Waals surface area contributed by atoms with Crippen molar-refractivity contribution < 1.29 is 14.3 Å². The predicted molar refractivity (Wildman–Crippen MR) is 48.8 cm³/mol. The molecule has 0 amide bonds. The summed E-state index contributed by atoms with van der Waals surface area (Å²) in [4.78, 5) is 26.0. The van der Waals surface area contributed by atoms with Gasteiger partial charge < -0.3 is 9.72 Å². The normalized spacial score (nSPS) is 17.5. The minimum atomic E-state index is -0.878. The molecule has 1 aromatic rings. The highest BCUT2D eigenvalue weighted by molar-refractivity contribution is 6.14. The number of H-pyrrole nitrogens is 1. The summed E-state index contributed by atoms with van der Waals surface area (Å²) in [6.45, 7) is 0. The fourth-order valence-corrected chi connectivity index (χ4v) is 1.59. The van der Waals surface area contributed by atoms with Crippen LogP contribution in [0.15, 0.2) is 18.5 Å². The quantitative estimate of drug-likeness (QED) is 0.445. The molecule has 4 nitrogen and oxygen atoms in total. The molecule has 0 radical (unpaired) electrons. The number of rotatable bonds is 3. The molecule has 1 saturated carbocycles. The van der Waals surface area contributed by atoms with Gasteiger partial charge >= 0.3 is 5.97 Å². The molecule has 0 atom stereocenters. The summed E-state index contributed by atoms with van der Waals surface area (Å²) >= 11 is 0. The Balaban J connectivity index is 2.24. The number of aromatic nitrogens is 1. The van der Waals surface area contributed by atoms with Crippen LogP contribution in [0.4, 0.5) is 0 Å². The van der Waals surface area contributed by atoms with Crippen LogP contribution in [0.2, 0.25) is 0 Å². The number of Topliss-reactive ketones (excluding diaryl/α,β-unsaturated/α-hetero) is 1. The fourth-order valence-electron chi connectivity index (χ4n) is 1.59. The van der Waals surface area contributed by atoms with Crippen LogP contribution in [-0.4, -0.2) is 23.8 Å². The number of ketones is 1. The highest BCUT2D eigenvalue weighted by Crippen LogP contribution is 2.49. The van der Waals surface area contributed by atoms with Crippen LogP contribution in [-0.2, 0) is 9.53 Å². The highest BCUT2D eigenvalue weighted by atomic mass is 16.5. The largest absolute Gasteiger partial charge is 0.468 e. The Labute approximate surface area is 81.3 Å². The molecule has 14 heavy (non-hydrogen) atoms. The number of nitrogens with one attached hydrogen (secondary N) is 1. The molecule has 1 N–H and O–H groups in total. The monoisotopic (exact) mass is 193 g/mol. The number of hydrogen-bond acceptors (Lipinski definition) is 3. The summed E-state index contributed by atoms with van der Waals surface area (Å²) in [6, 6.07) is 1.67. The van der Waals surface area contributed by atoms with Gasteiger partial charge in [-0.1, -0.05) is 0 Å². The molecular formula is C10H11NO3. The van der Waals surface area contributed by atoms with Crippen LogP contribution in [0.3, 0.4) is 0 Å². The standard InChI is InChI=1S/C10H11NO3/c1-14-9(13)10(3-4-10)8(12)7-2-5-11-6-7/h2,5-6,11H,3-4H2,1H3. The highest BCUT2D eigenvalue weighted by Gasteiger charge is 2.57. The lowest BCUT2D eigenvalue weighted by atomic mass is 9.97. The third-order valence-corrected chi connectivity index (χ3v) is 2.62. The van der Waals surface area contributed by atoms with Gasteiger partial charge in [0.25, 0.3) is 0 Å². The van der Waals surface area contributed by atoms with Gasteiger partial charge in [0.2, 0.25) is 0 Å². The van der Waals surface area contributed by atoms with E-state index in [9.17, 15) is 9.59 Å². The molecule has 1 fully saturated rings. The van der Waals surface area contributed by atoms with E-state index in [1.807, 2.05) is 0 Å². The molecule has 74 valence electrons. The number of aromatic amines is 1. The lowest BCUT2D eigenvalue weighted by Crippen LogP contribution is -2.26. The molecule has 0 aromatic carbocycles. The van der Waals surface area contributed by atoms with E-state index < -0.39 is 11.4 Å². The third kappa shape index (κ3) is 1.14. The van der Waals surface area contributed by atoms with Gasteiger partial charge in [-0.2, -0.15) is 0 Å². The predicted octanol–water partition coefficient (Wildman–Crippen LogP) is 1.15. The lowest BCUT2D eigenvalue weighted by molar-refractivity contribution is -0.145. The molecule has 0 unspecified atom stereocenters. The molecule has 0 spiro atoms. The van der Waals surface area contributed by atoms with Gasteiger partial charge in [-0.3, -0.25) is 9.59 Å². The maximum atomic E-state index is 11.9. The summed E-state index contributed by atoms with van der Waals surface area (Å²) in [5.74, 6) is -0.547. The number of carbonyl (C=O) groups is 2. The van der Waals surface area contributed by atoms with Crippen molar-refractivity contribution in [1.82, 2.24) is 4.98 Å². The molecule has 0 bridgehead atoms. The van der Waals surface area contributed by atoms with Crippen LogP contribution < -0.4 is 0 Å². The molecule has 1 heterocycles. The minimum absolute atomic E-state index is 0.134. The van der Waals surface area contributed by atoms with E-state index in [0.29, 0.717) is 18.4 Å². The molecule has 1 aliphatic rings. The Morgan fingerprint density at radius 3 is 2.64 bits per heavy atom. The first kappa shape index (κ1) is 8.99. The van der Waals surface area contributed by atoms with Crippen molar-refractivity contribution >= 4 is 11.8 Å². The van der Waals surface area contributed by atoms with Crippen molar-refractivity contribution in [3.63, 3.8) is 0 Å². The van der Waals surface area contributed by atoms with Crippen LogP contribution >= 0.6 is 0 Å². The van der Waals surface area contributed by atoms with E-state index in [1.54, 1.807) is 18.5 Å². The Bertz CT molecular complexity index is 363. The first-order valence-electron chi connectivity index (χ1n) is 4.47. The number of esters is 1. The van der Waals surface area contributed by atoms with Crippen molar-refractivity contribution in [2.75, 3.05) is 7.11 Å². The Hall–Kier alpha value is -1.58. The average molecular weight is 193 g/mol. The van der Waals surface area contributed by atoms with Crippen molar-refractivity contribution in [2.45, 2.75) is 12.8 Å². The molecule has 4 heteroatoms.